The number of amides is 1. The minimum atomic E-state index is -0.212. The molecule has 0 bridgehead atoms. The van der Waals surface area contributed by atoms with Crippen LogP contribution >= 0.6 is 23.4 Å². The van der Waals surface area contributed by atoms with E-state index < -0.39 is 0 Å². The summed E-state index contributed by atoms with van der Waals surface area (Å²) >= 11 is 7.22. The zero-order chi connectivity index (χ0) is 21.5. The van der Waals surface area contributed by atoms with Crippen molar-refractivity contribution in [2.45, 2.75) is 18.1 Å². The molecule has 0 aliphatic heterocycles. The van der Waals surface area contributed by atoms with Gasteiger partial charge in [0.2, 0.25) is 5.91 Å². The van der Waals surface area contributed by atoms with Crippen molar-refractivity contribution >= 4 is 45.9 Å². The largest absolute Gasteiger partial charge is 0.311 e. The number of halogens is 1. The number of nitriles is 1. The highest BCUT2D eigenvalue weighted by Gasteiger charge is 2.18. The van der Waals surface area contributed by atoms with Crippen molar-refractivity contribution < 1.29 is 4.79 Å². The molecule has 0 aliphatic carbocycles. The van der Waals surface area contributed by atoms with Crippen LogP contribution in [-0.4, -0.2) is 27.8 Å². The van der Waals surface area contributed by atoms with E-state index in [2.05, 4.69) is 17.6 Å². The first-order valence-corrected chi connectivity index (χ1v) is 10.6. The van der Waals surface area contributed by atoms with E-state index in [9.17, 15) is 9.59 Å². The third-order valence-corrected chi connectivity index (χ3v) is 5.53. The molecule has 0 saturated heterocycles. The van der Waals surface area contributed by atoms with Crippen LogP contribution < -0.4 is 10.5 Å². The molecule has 0 aliphatic rings. The second-order valence-electron chi connectivity index (χ2n) is 6.34. The molecule has 0 saturated carbocycles. The normalized spacial score (nSPS) is 10.5. The van der Waals surface area contributed by atoms with Gasteiger partial charge in [-0.25, -0.2) is 4.98 Å². The number of hydrogen-bond acceptors (Lipinski definition) is 5. The number of carbonyl (C=O) groups is 1. The van der Waals surface area contributed by atoms with Crippen LogP contribution in [0.1, 0.15) is 6.42 Å². The molecule has 1 aromatic heterocycles. The highest BCUT2D eigenvalue weighted by atomic mass is 35.5. The minimum absolute atomic E-state index is 0.0655. The predicted molar refractivity (Wildman–Crippen MR) is 121 cm³/mol. The first-order valence-electron chi connectivity index (χ1n) is 9.21. The number of rotatable bonds is 8. The van der Waals surface area contributed by atoms with Crippen molar-refractivity contribution in [3.8, 4) is 6.07 Å². The number of benzene rings is 2. The lowest BCUT2D eigenvalue weighted by Gasteiger charge is -2.22. The highest BCUT2D eigenvalue weighted by Crippen LogP contribution is 2.22. The van der Waals surface area contributed by atoms with Gasteiger partial charge in [-0.15, -0.1) is 6.58 Å². The second kappa shape index (κ2) is 10.1. The van der Waals surface area contributed by atoms with E-state index in [0.29, 0.717) is 27.6 Å². The first-order chi connectivity index (χ1) is 14.5. The number of nitrogens with zero attached hydrogens (tertiary/aromatic N) is 4. The van der Waals surface area contributed by atoms with Gasteiger partial charge in [0.05, 0.1) is 29.1 Å². The Morgan fingerprint density at radius 2 is 2.07 bits per heavy atom. The van der Waals surface area contributed by atoms with Crippen LogP contribution in [0.3, 0.4) is 0 Å². The van der Waals surface area contributed by atoms with E-state index in [-0.39, 0.29) is 30.2 Å². The summed E-state index contributed by atoms with van der Waals surface area (Å²) in [7, 11) is 0. The Kier molecular flexibility index (Phi) is 7.28. The summed E-state index contributed by atoms with van der Waals surface area (Å²) < 4.78 is 1.49. The van der Waals surface area contributed by atoms with E-state index in [0.717, 1.165) is 5.69 Å². The molecule has 0 spiro atoms. The number of hydrogen-bond donors (Lipinski definition) is 0. The average molecular weight is 439 g/mol. The Morgan fingerprint density at radius 3 is 2.77 bits per heavy atom. The molecule has 6 nitrogen and oxygen atoms in total. The summed E-state index contributed by atoms with van der Waals surface area (Å²) in [4.78, 5) is 31.9. The molecule has 0 radical (unpaired) electrons. The van der Waals surface area contributed by atoms with Gasteiger partial charge < -0.3 is 4.90 Å². The Balaban J connectivity index is 1.90. The average Bonchev–Trinajstić information content (AvgIpc) is 2.75. The molecule has 152 valence electrons. The van der Waals surface area contributed by atoms with Gasteiger partial charge in [0.15, 0.2) is 5.16 Å². The smallest absolute Gasteiger partial charge is 0.262 e. The number of aromatic nitrogens is 2. The highest BCUT2D eigenvalue weighted by molar-refractivity contribution is 7.99. The predicted octanol–water partition coefficient (Wildman–Crippen LogP) is 4.27. The van der Waals surface area contributed by atoms with Gasteiger partial charge in [0.1, 0.15) is 0 Å². The van der Waals surface area contributed by atoms with Crippen LogP contribution in [0.2, 0.25) is 5.02 Å². The number of carbonyl (C=O) groups excluding carboxylic acids is 1. The van der Waals surface area contributed by atoms with Gasteiger partial charge in [-0.2, -0.15) is 5.26 Å². The van der Waals surface area contributed by atoms with Crippen LogP contribution in [0, 0.1) is 11.3 Å². The lowest BCUT2D eigenvalue weighted by Crippen LogP contribution is -2.33. The van der Waals surface area contributed by atoms with E-state index in [1.165, 1.54) is 16.3 Å². The third kappa shape index (κ3) is 4.90. The quantitative estimate of drug-likeness (QED) is 0.298. The number of allylic oxidation sites excluding steroid dienone is 1. The Morgan fingerprint density at radius 1 is 1.30 bits per heavy atom. The molecular formula is C22H19ClN4O2S. The lowest BCUT2D eigenvalue weighted by atomic mass is 10.2. The zero-order valence-corrected chi connectivity index (χ0v) is 17.7. The fraction of sp³-hybridized carbons (Fsp3) is 0.182. The number of fused-ring (bicyclic) bond motifs is 1. The summed E-state index contributed by atoms with van der Waals surface area (Å²) in [6, 6.07) is 16.2. The molecule has 2 aromatic carbocycles. The topological polar surface area (TPSA) is 79.0 Å². The lowest BCUT2D eigenvalue weighted by molar-refractivity contribution is -0.116. The fourth-order valence-electron chi connectivity index (χ4n) is 2.95. The number of para-hydroxylation sites is 1. The van der Waals surface area contributed by atoms with Gasteiger partial charge in [0, 0.05) is 23.8 Å². The summed E-state index contributed by atoms with van der Waals surface area (Å²) in [6.07, 6.45) is 1.83. The molecule has 0 atom stereocenters. The minimum Gasteiger partial charge on any atom is -0.311 e. The van der Waals surface area contributed by atoms with E-state index in [4.69, 9.17) is 16.9 Å². The molecule has 0 fully saturated rings. The van der Waals surface area contributed by atoms with E-state index in [1.54, 1.807) is 29.2 Å². The number of anilines is 1. The Labute approximate surface area is 183 Å². The van der Waals surface area contributed by atoms with Crippen molar-refractivity contribution in [2.75, 3.05) is 17.2 Å². The molecule has 3 aromatic rings. The molecule has 3 rings (SSSR count). The van der Waals surface area contributed by atoms with Crippen LogP contribution in [0.15, 0.2) is 71.1 Å². The van der Waals surface area contributed by atoms with E-state index in [1.807, 2.05) is 30.3 Å². The van der Waals surface area contributed by atoms with Crippen LogP contribution in [0.25, 0.3) is 10.9 Å². The van der Waals surface area contributed by atoms with Gasteiger partial charge >= 0.3 is 0 Å². The van der Waals surface area contributed by atoms with Crippen molar-refractivity contribution in [2.24, 2.45) is 0 Å². The van der Waals surface area contributed by atoms with Gasteiger partial charge in [-0.05, 0) is 30.3 Å². The number of thioether (sulfide) groups is 1. The molecule has 30 heavy (non-hydrogen) atoms. The first kappa shape index (κ1) is 21.6. The molecule has 1 heterocycles. The SMILES string of the molecule is C=CCn1c(SCC(=O)N(CCC#N)c2ccccc2)nc2cc(Cl)ccc2c1=O. The summed E-state index contributed by atoms with van der Waals surface area (Å²) in [5.74, 6) is -0.109. The monoisotopic (exact) mass is 438 g/mol. The van der Waals surface area contributed by atoms with Crippen molar-refractivity contribution in [1.29, 1.82) is 5.26 Å². The zero-order valence-electron chi connectivity index (χ0n) is 16.1. The van der Waals surface area contributed by atoms with E-state index >= 15 is 0 Å². The standard InChI is InChI=1S/C22H19ClN4O2S/c1-2-12-27-21(29)18-10-9-16(23)14-19(18)25-22(27)30-15-20(28)26(13-6-11-24)17-7-4-3-5-8-17/h2-5,7-10,14H,1,6,12-13,15H2. The maximum absolute atomic E-state index is 12.9. The van der Waals surface area contributed by atoms with Crippen LogP contribution in [0.4, 0.5) is 5.69 Å². The summed E-state index contributed by atoms with van der Waals surface area (Å²) in [6.45, 7) is 4.27. The van der Waals surface area contributed by atoms with Gasteiger partial charge in [-0.1, -0.05) is 47.6 Å². The maximum Gasteiger partial charge on any atom is 0.262 e. The molecule has 1 amide bonds. The fourth-order valence-corrected chi connectivity index (χ4v) is 4.00. The van der Waals surface area contributed by atoms with Crippen molar-refractivity contribution in [3.05, 3.63) is 76.6 Å². The molecule has 0 N–H and O–H groups in total. The molecule has 0 unspecified atom stereocenters. The Bertz CT molecular complexity index is 1170. The maximum atomic E-state index is 12.9. The Hall–Kier alpha value is -3.08. The van der Waals surface area contributed by atoms with Crippen LogP contribution in [-0.2, 0) is 11.3 Å². The van der Waals surface area contributed by atoms with Gasteiger partial charge in [-0.3, -0.25) is 14.2 Å². The summed E-state index contributed by atoms with van der Waals surface area (Å²) in [5, 5.41) is 10.3. The second-order valence-corrected chi connectivity index (χ2v) is 7.72. The summed E-state index contributed by atoms with van der Waals surface area (Å²) in [5.41, 5.74) is 0.989. The third-order valence-electron chi connectivity index (χ3n) is 4.33. The molecule has 8 heteroatoms. The van der Waals surface area contributed by atoms with Gasteiger partial charge in [0.25, 0.3) is 5.56 Å². The van der Waals surface area contributed by atoms with Crippen molar-refractivity contribution in [3.63, 3.8) is 0 Å². The van der Waals surface area contributed by atoms with Crippen LogP contribution in [0.5, 0.6) is 0 Å². The van der Waals surface area contributed by atoms with Crippen molar-refractivity contribution in [1.82, 2.24) is 9.55 Å². The molecular weight excluding hydrogens is 420 g/mol.